The summed E-state index contributed by atoms with van der Waals surface area (Å²) in [6, 6.07) is 0. The third kappa shape index (κ3) is 9.28. The van der Waals surface area contributed by atoms with E-state index in [4.69, 9.17) is 9.47 Å². The Hall–Kier alpha value is -0.650. The minimum absolute atomic E-state index is 0.0639. The predicted molar refractivity (Wildman–Crippen MR) is 79.8 cm³/mol. The van der Waals surface area contributed by atoms with E-state index in [1.807, 2.05) is 6.92 Å². The van der Waals surface area contributed by atoms with Gasteiger partial charge in [-0.1, -0.05) is 6.42 Å². The molecule has 5 heteroatoms. The largest absolute Gasteiger partial charge is 0.466 e. The molecule has 1 aliphatic rings. The molecule has 1 fully saturated rings. The molecule has 1 rings (SSSR count). The van der Waals surface area contributed by atoms with Crippen LogP contribution in [-0.4, -0.2) is 63.4 Å². The summed E-state index contributed by atoms with van der Waals surface area (Å²) in [6.07, 6.45) is 4.92. The molecule has 1 saturated heterocycles. The Morgan fingerprint density at radius 2 is 1.90 bits per heavy atom. The van der Waals surface area contributed by atoms with Crippen LogP contribution in [0.15, 0.2) is 0 Å². The van der Waals surface area contributed by atoms with E-state index < -0.39 is 0 Å². The van der Waals surface area contributed by atoms with Gasteiger partial charge in [-0.2, -0.15) is 0 Å². The molecule has 0 aromatic carbocycles. The first-order valence-electron chi connectivity index (χ1n) is 7.99. The van der Waals surface area contributed by atoms with Crippen LogP contribution < -0.4 is 5.32 Å². The van der Waals surface area contributed by atoms with Gasteiger partial charge in [0.25, 0.3) is 0 Å². The zero-order valence-corrected chi connectivity index (χ0v) is 12.9. The molecule has 1 N–H and O–H groups in total. The third-order valence-corrected chi connectivity index (χ3v) is 3.47. The van der Waals surface area contributed by atoms with E-state index in [1.165, 1.54) is 13.0 Å². The summed E-state index contributed by atoms with van der Waals surface area (Å²) < 4.78 is 10.2. The van der Waals surface area contributed by atoms with E-state index in [9.17, 15) is 4.79 Å². The molecular formula is C15H30N2O3. The Kier molecular flexibility index (Phi) is 10.5. The molecule has 118 valence electrons. The highest BCUT2D eigenvalue weighted by Gasteiger charge is 2.08. The van der Waals surface area contributed by atoms with Gasteiger partial charge in [0.15, 0.2) is 0 Å². The number of hydrogen-bond donors (Lipinski definition) is 1. The molecule has 0 amide bonds. The van der Waals surface area contributed by atoms with E-state index in [-0.39, 0.29) is 5.97 Å². The van der Waals surface area contributed by atoms with Crippen molar-refractivity contribution in [1.29, 1.82) is 0 Å². The van der Waals surface area contributed by atoms with Gasteiger partial charge in [-0.05, 0) is 45.8 Å². The van der Waals surface area contributed by atoms with Gasteiger partial charge in [-0.25, -0.2) is 0 Å². The van der Waals surface area contributed by atoms with Crippen LogP contribution in [-0.2, 0) is 14.3 Å². The van der Waals surface area contributed by atoms with Gasteiger partial charge in [0.05, 0.1) is 19.8 Å². The highest BCUT2D eigenvalue weighted by molar-refractivity contribution is 5.69. The first kappa shape index (κ1) is 17.4. The molecule has 20 heavy (non-hydrogen) atoms. The van der Waals surface area contributed by atoms with Crippen LogP contribution in [0.2, 0.25) is 0 Å². The van der Waals surface area contributed by atoms with Crippen LogP contribution in [0.25, 0.3) is 0 Å². The molecule has 1 heterocycles. The summed E-state index contributed by atoms with van der Waals surface area (Å²) in [5.74, 6) is -0.0639. The smallest absolute Gasteiger partial charge is 0.305 e. The second-order valence-corrected chi connectivity index (χ2v) is 5.17. The number of esters is 1. The molecule has 0 spiro atoms. The van der Waals surface area contributed by atoms with Gasteiger partial charge in [0, 0.05) is 19.5 Å². The van der Waals surface area contributed by atoms with Gasteiger partial charge < -0.3 is 14.8 Å². The van der Waals surface area contributed by atoms with Gasteiger partial charge >= 0.3 is 5.97 Å². The first-order valence-corrected chi connectivity index (χ1v) is 7.99. The van der Waals surface area contributed by atoms with E-state index in [2.05, 4.69) is 10.2 Å². The highest BCUT2D eigenvalue weighted by atomic mass is 16.5. The van der Waals surface area contributed by atoms with Crippen molar-refractivity contribution in [1.82, 2.24) is 10.2 Å². The predicted octanol–water partition coefficient (Wildman–Crippen LogP) is 1.42. The van der Waals surface area contributed by atoms with Crippen molar-refractivity contribution in [3.8, 4) is 0 Å². The summed E-state index contributed by atoms with van der Waals surface area (Å²) in [4.78, 5) is 13.6. The Morgan fingerprint density at radius 3 is 2.65 bits per heavy atom. The molecule has 0 atom stereocenters. The second kappa shape index (κ2) is 12.1. The van der Waals surface area contributed by atoms with Crippen LogP contribution in [0, 0.1) is 0 Å². The quantitative estimate of drug-likeness (QED) is 0.460. The minimum Gasteiger partial charge on any atom is -0.466 e. The summed E-state index contributed by atoms with van der Waals surface area (Å²) in [5.41, 5.74) is 0. The molecular weight excluding hydrogens is 256 g/mol. The summed E-state index contributed by atoms with van der Waals surface area (Å²) in [5, 5.41) is 3.46. The Morgan fingerprint density at radius 1 is 1.15 bits per heavy atom. The zero-order chi connectivity index (χ0) is 14.5. The maximum atomic E-state index is 11.1. The van der Waals surface area contributed by atoms with Crippen molar-refractivity contribution < 1.29 is 14.3 Å². The topological polar surface area (TPSA) is 50.8 Å². The van der Waals surface area contributed by atoms with Crippen LogP contribution in [0.5, 0.6) is 0 Å². The summed E-state index contributed by atoms with van der Waals surface area (Å²) in [7, 11) is 0. The van der Waals surface area contributed by atoms with Crippen LogP contribution in [0.4, 0.5) is 0 Å². The number of unbranched alkanes of at least 4 members (excludes halogenated alkanes) is 2. The minimum atomic E-state index is -0.0639. The van der Waals surface area contributed by atoms with Crippen LogP contribution in [0.1, 0.15) is 39.0 Å². The molecule has 0 aliphatic carbocycles. The van der Waals surface area contributed by atoms with Crippen molar-refractivity contribution in [3.05, 3.63) is 0 Å². The average Bonchev–Trinajstić information content (AvgIpc) is 2.47. The Bertz CT molecular complexity index is 243. The average molecular weight is 286 g/mol. The number of nitrogens with one attached hydrogen (secondary N) is 1. The SMILES string of the molecule is CCOC(=O)CCCCCNCCCN1CCOCC1. The molecule has 0 bridgehead atoms. The molecule has 5 nitrogen and oxygen atoms in total. The first-order chi connectivity index (χ1) is 9.83. The number of ether oxygens (including phenoxy) is 2. The number of morpholine rings is 1. The fourth-order valence-electron chi connectivity index (χ4n) is 2.31. The maximum Gasteiger partial charge on any atom is 0.305 e. The molecule has 0 aromatic heterocycles. The lowest BCUT2D eigenvalue weighted by Gasteiger charge is -2.26. The fourth-order valence-corrected chi connectivity index (χ4v) is 2.31. The van der Waals surface area contributed by atoms with Crippen molar-refractivity contribution in [2.24, 2.45) is 0 Å². The number of carbonyl (C=O) groups is 1. The molecule has 0 aromatic rings. The van der Waals surface area contributed by atoms with Crippen LogP contribution in [0.3, 0.4) is 0 Å². The Balaban J connectivity index is 1.77. The number of hydrogen-bond acceptors (Lipinski definition) is 5. The number of rotatable bonds is 11. The summed E-state index contributed by atoms with van der Waals surface area (Å²) in [6.45, 7) is 9.55. The molecule has 1 aliphatic heterocycles. The normalized spacial score (nSPS) is 16.2. The molecule has 0 radical (unpaired) electrons. The van der Waals surface area contributed by atoms with Gasteiger partial charge in [0.1, 0.15) is 0 Å². The second-order valence-electron chi connectivity index (χ2n) is 5.17. The number of carbonyl (C=O) groups excluding carboxylic acids is 1. The lowest BCUT2D eigenvalue weighted by atomic mass is 10.2. The van der Waals surface area contributed by atoms with Gasteiger partial charge in [0.2, 0.25) is 0 Å². The zero-order valence-electron chi connectivity index (χ0n) is 12.9. The van der Waals surface area contributed by atoms with Crippen LogP contribution >= 0.6 is 0 Å². The summed E-state index contributed by atoms with van der Waals surface area (Å²) >= 11 is 0. The molecule has 0 saturated carbocycles. The lowest BCUT2D eigenvalue weighted by molar-refractivity contribution is -0.143. The third-order valence-electron chi connectivity index (χ3n) is 3.47. The highest BCUT2D eigenvalue weighted by Crippen LogP contribution is 2.01. The maximum absolute atomic E-state index is 11.1. The fraction of sp³-hybridized carbons (Fsp3) is 0.933. The van der Waals surface area contributed by atoms with E-state index in [1.54, 1.807) is 0 Å². The standard InChI is InChI=1S/C15H30N2O3/c1-2-20-15(18)7-4-3-5-8-16-9-6-10-17-11-13-19-14-12-17/h16H,2-14H2,1H3. The number of nitrogens with zero attached hydrogens (tertiary/aromatic N) is 1. The van der Waals surface area contributed by atoms with Crippen molar-refractivity contribution >= 4 is 5.97 Å². The van der Waals surface area contributed by atoms with Crippen molar-refractivity contribution in [2.45, 2.75) is 39.0 Å². The monoisotopic (exact) mass is 286 g/mol. The van der Waals surface area contributed by atoms with Crippen molar-refractivity contribution in [3.63, 3.8) is 0 Å². The molecule has 0 unspecified atom stereocenters. The van der Waals surface area contributed by atoms with E-state index in [0.717, 1.165) is 58.7 Å². The van der Waals surface area contributed by atoms with Gasteiger partial charge in [-0.15, -0.1) is 0 Å². The lowest BCUT2D eigenvalue weighted by Crippen LogP contribution is -2.37. The van der Waals surface area contributed by atoms with E-state index >= 15 is 0 Å². The van der Waals surface area contributed by atoms with Gasteiger partial charge in [-0.3, -0.25) is 9.69 Å². The van der Waals surface area contributed by atoms with E-state index in [0.29, 0.717) is 13.0 Å². The Labute approximate surface area is 123 Å². The van der Waals surface area contributed by atoms with Crippen molar-refractivity contribution in [2.75, 3.05) is 52.5 Å².